The van der Waals surface area contributed by atoms with Gasteiger partial charge >= 0.3 is 0 Å². The number of piperidine rings is 1. The lowest BCUT2D eigenvalue weighted by Gasteiger charge is -2.39. The molecule has 1 fully saturated rings. The van der Waals surface area contributed by atoms with E-state index in [1.165, 1.54) is 25.1 Å². The molecule has 2 heterocycles. The fraction of sp³-hybridized carbons (Fsp3) is 0.667. The molecule has 0 aliphatic carbocycles. The molecule has 1 aromatic heterocycles. The molecule has 0 amide bonds. The monoisotopic (exact) mass is 247 g/mol. The lowest BCUT2D eigenvalue weighted by molar-refractivity contribution is 0.363. The predicted molar refractivity (Wildman–Crippen MR) is 76.8 cm³/mol. The minimum absolute atomic E-state index is 0.633. The first-order valence-corrected chi connectivity index (χ1v) is 7.14. The highest BCUT2D eigenvalue weighted by molar-refractivity contribution is 5.48. The van der Waals surface area contributed by atoms with Crippen LogP contribution in [0.1, 0.15) is 39.3 Å². The number of hydrogen-bond acceptors (Lipinski definition) is 3. The maximum atomic E-state index is 4.43. The van der Waals surface area contributed by atoms with Crippen LogP contribution in [0.5, 0.6) is 0 Å². The van der Waals surface area contributed by atoms with E-state index < -0.39 is 0 Å². The summed E-state index contributed by atoms with van der Waals surface area (Å²) in [5.74, 6) is 0.782. The largest absolute Gasteiger partial charge is 0.368 e. The standard InChI is InChI=1S/C15H25N3/c1-4-16-11-14-10-15(7-8-17-14)18-9-5-6-12(2)13(18)3/h7-8,10,12-13,16H,4-6,9,11H2,1-3H3. The quantitative estimate of drug-likeness (QED) is 0.887. The van der Waals surface area contributed by atoms with Crippen LogP contribution in [0.4, 0.5) is 5.69 Å². The molecular weight excluding hydrogens is 222 g/mol. The van der Waals surface area contributed by atoms with Crippen LogP contribution >= 0.6 is 0 Å². The van der Waals surface area contributed by atoms with Gasteiger partial charge in [-0.2, -0.15) is 0 Å². The zero-order valence-electron chi connectivity index (χ0n) is 11.8. The number of pyridine rings is 1. The number of hydrogen-bond donors (Lipinski definition) is 1. The first-order chi connectivity index (χ1) is 8.72. The summed E-state index contributed by atoms with van der Waals surface area (Å²) in [4.78, 5) is 6.96. The lowest BCUT2D eigenvalue weighted by atomic mass is 9.91. The van der Waals surface area contributed by atoms with E-state index in [1.807, 2.05) is 6.20 Å². The van der Waals surface area contributed by atoms with Crippen molar-refractivity contribution in [1.82, 2.24) is 10.3 Å². The van der Waals surface area contributed by atoms with Crippen LogP contribution in [0.2, 0.25) is 0 Å². The zero-order chi connectivity index (χ0) is 13.0. The number of nitrogens with zero attached hydrogens (tertiary/aromatic N) is 2. The topological polar surface area (TPSA) is 28.2 Å². The van der Waals surface area contributed by atoms with Crippen molar-refractivity contribution in [2.75, 3.05) is 18.0 Å². The number of nitrogens with one attached hydrogen (secondary N) is 1. The molecule has 3 nitrogen and oxygen atoms in total. The van der Waals surface area contributed by atoms with Crippen molar-refractivity contribution in [2.24, 2.45) is 5.92 Å². The first kappa shape index (κ1) is 13.3. The van der Waals surface area contributed by atoms with Gasteiger partial charge in [0.15, 0.2) is 0 Å². The maximum absolute atomic E-state index is 4.43. The lowest BCUT2D eigenvalue weighted by Crippen LogP contribution is -2.42. The van der Waals surface area contributed by atoms with Crippen molar-refractivity contribution < 1.29 is 0 Å². The van der Waals surface area contributed by atoms with Crippen molar-refractivity contribution >= 4 is 5.69 Å². The Bertz CT molecular complexity index is 378. The summed E-state index contributed by atoms with van der Waals surface area (Å²) in [5, 5.41) is 3.33. The summed E-state index contributed by atoms with van der Waals surface area (Å²) in [6, 6.07) is 5.01. The molecule has 2 unspecified atom stereocenters. The Labute approximate surface area is 111 Å². The van der Waals surface area contributed by atoms with Gasteiger partial charge in [0.25, 0.3) is 0 Å². The molecule has 0 spiro atoms. The fourth-order valence-corrected chi connectivity index (χ4v) is 2.69. The maximum Gasteiger partial charge on any atom is 0.0562 e. The molecule has 1 aliphatic heterocycles. The Balaban J connectivity index is 2.11. The highest BCUT2D eigenvalue weighted by Crippen LogP contribution is 2.28. The Morgan fingerprint density at radius 2 is 2.28 bits per heavy atom. The van der Waals surface area contributed by atoms with Gasteiger partial charge in [-0.3, -0.25) is 4.98 Å². The Morgan fingerprint density at radius 1 is 1.44 bits per heavy atom. The van der Waals surface area contributed by atoms with Gasteiger partial charge in [-0.1, -0.05) is 13.8 Å². The Kier molecular flexibility index (Phi) is 4.59. The van der Waals surface area contributed by atoms with Gasteiger partial charge < -0.3 is 10.2 Å². The third-order valence-electron chi connectivity index (χ3n) is 4.06. The van der Waals surface area contributed by atoms with Crippen LogP contribution < -0.4 is 10.2 Å². The van der Waals surface area contributed by atoms with Crippen LogP contribution in [0.15, 0.2) is 18.3 Å². The van der Waals surface area contributed by atoms with Gasteiger partial charge in [-0.05, 0) is 44.4 Å². The van der Waals surface area contributed by atoms with Crippen molar-refractivity contribution in [3.05, 3.63) is 24.0 Å². The normalized spacial score (nSPS) is 24.3. The Morgan fingerprint density at radius 3 is 3.06 bits per heavy atom. The molecule has 1 saturated heterocycles. The molecule has 2 rings (SSSR count). The predicted octanol–water partition coefficient (Wildman–Crippen LogP) is 2.82. The van der Waals surface area contributed by atoms with E-state index in [4.69, 9.17) is 0 Å². The van der Waals surface area contributed by atoms with Crippen LogP contribution in [0, 0.1) is 5.92 Å². The molecular formula is C15H25N3. The molecule has 0 radical (unpaired) electrons. The molecule has 2 atom stereocenters. The Hall–Kier alpha value is -1.09. The van der Waals surface area contributed by atoms with E-state index >= 15 is 0 Å². The smallest absolute Gasteiger partial charge is 0.0562 e. The van der Waals surface area contributed by atoms with Crippen molar-refractivity contribution in [2.45, 2.75) is 46.2 Å². The minimum Gasteiger partial charge on any atom is -0.368 e. The van der Waals surface area contributed by atoms with Crippen LogP contribution in [-0.2, 0) is 6.54 Å². The fourth-order valence-electron chi connectivity index (χ4n) is 2.69. The van der Waals surface area contributed by atoms with Crippen molar-refractivity contribution in [1.29, 1.82) is 0 Å². The average Bonchev–Trinajstić information content (AvgIpc) is 2.40. The van der Waals surface area contributed by atoms with Gasteiger partial charge in [-0.25, -0.2) is 0 Å². The van der Waals surface area contributed by atoms with E-state index in [-0.39, 0.29) is 0 Å². The number of rotatable bonds is 4. The summed E-state index contributed by atoms with van der Waals surface area (Å²) in [6.45, 7) is 9.85. The third kappa shape index (κ3) is 3.02. The molecule has 1 aromatic rings. The number of aromatic nitrogens is 1. The summed E-state index contributed by atoms with van der Waals surface area (Å²) < 4.78 is 0. The highest BCUT2D eigenvalue weighted by atomic mass is 15.2. The highest BCUT2D eigenvalue weighted by Gasteiger charge is 2.24. The number of anilines is 1. The van der Waals surface area contributed by atoms with E-state index in [2.05, 4.69) is 48.1 Å². The summed E-state index contributed by atoms with van der Waals surface area (Å²) in [5.41, 5.74) is 2.47. The van der Waals surface area contributed by atoms with E-state index in [0.29, 0.717) is 6.04 Å². The van der Waals surface area contributed by atoms with Gasteiger partial charge in [-0.15, -0.1) is 0 Å². The van der Waals surface area contributed by atoms with E-state index in [1.54, 1.807) is 0 Å². The van der Waals surface area contributed by atoms with Crippen molar-refractivity contribution in [3.63, 3.8) is 0 Å². The second-order valence-corrected chi connectivity index (χ2v) is 5.34. The van der Waals surface area contributed by atoms with E-state index in [9.17, 15) is 0 Å². The minimum atomic E-state index is 0.633. The second kappa shape index (κ2) is 6.19. The molecule has 100 valence electrons. The summed E-state index contributed by atoms with van der Waals surface area (Å²) in [6.07, 6.45) is 4.59. The van der Waals surface area contributed by atoms with Crippen LogP contribution in [-0.4, -0.2) is 24.1 Å². The zero-order valence-corrected chi connectivity index (χ0v) is 11.8. The summed E-state index contributed by atoms with van der Waals surface area (Å²) >= 11 is 0. The third-order valence-corrected chi connectivity index (χ3v) is 4.06. The van der Waals surface area contributed by atoms with Gasteiger partial charge in [0.05, 0.1) is 5.69 Å². The van der Waals surface area contributed by atoms with Gasteiger partial charge in [0.1, 0.15) is 0 Å². The van der Waals surface area contributed by atoms with Crippen LogP contribution in [0.3, 0.4) is 0 Å². The molecule has 0 bridgehead atoms. The van der Waals surface area contributed by atoms with Crippen LogP contribution in [0.25, 0.3) is 0 Å². The average molecular weight is 247 g/mol. The van der Waals surface area contributed by atoms with Crippen molar-refractivity contribution in [3.8, 4) is 0 Å². The summed E-state index contributed by atoms with van der Waals surface area (Å²) in [7, 11) is 0. The molecule has 18 heavy (non-hydrogen) atoms. The SMILES string of the molecule is CCNCc1cc(N2CCCC(C)C2C)ccn1. The van der Waals surface area contributed by atoms with E-state index in [0.717, 1.165) is 24.7 Å². The molecule has 1 N–H and O–H groups in total. The molecule has 0 saturated carbocycles. The molecule has 3 heteroatoms. The second-order valence-electron chi connectivity index (χ2n) is 5.34. The first-order valence-electron chi connectivity index (χ1n) is 7.14. The van der Waals surface area contributed by atoms with Gasteiger partial charge in [0, 0.05) is 31.0 Å². The molecule has 1 aliphatic rings. The molecule has 0 aromatic carbocycles. The van der Waals surface area contributed by atoms with Gasteiger partial charge in [0.2, 0.25) is 0 Å².